The molecule has 1 aromatic heterocycles. The number of hydrogen-bond acceptors (Lipinski definition) is 4. The molecule has 2 unspecified atom stereocenters. The van der Waals surface area contributed by atoms with Gasteiger partial charge in [-0.2, -0.15) is 5.10 Å². The van der Waals surface area contributed by atoms with Gasteiger partial charge < -0.3 is 15.7 Å². The van der Waals surface area contributed by atoms with E-state index in [4.69, 9.17) is 5.73 Å². The number of aliphatic hydroxyl groups excluding tert-OH is 1. The molecule has 0 aliphatic carbocycles. The zero-order valence-electron chi connectivity index (χ0n) is 13.1. The fourth-order valence-electron chi connectivity index (χ4n) is 3.02. The van der Waals surface area contributed by atoms with Crippen molar-refractivity contribution in [2.45, 2.75) is 46.8 Å². The molecular weight excluding hydrogens is 252 g/mol. The molecule has 5 heteroatoms. The van der Waals surface area contributed by atoms with Crippen molar-refractivity contribution in [2.75, 3.05) is 25.4 Å². The average molecular weight is 280 g/mol. The van der Waals surface area contributed by atoms with Gasteiger partial charge in [0.1, 0.15) is 0 Å². The van der Waals surface area contributed by atoms with Crippen LogP contribution in [0.2, 0.25) is 0 Å². The molecule has 2 atom stereocenters. The number of nitrogen functional groups attached to an aromatic ring is 1. The van der Waals surface area contributed by atoms with Gasteiger partial charge in [-0.25, -0.2) is 0 Å². The minimum absolute atomic E-state index is 0.390. The fourth-order valence-corrected chi connectivity index (χ4v) is 3.02. The maximum atomic E-state index is 10.3. The van der Waals surface area contributed by atoms with Crippen LogP contribution in [-0.4, -0.2) is 45.5 Å². The van der Waals surface area contributed by atoms with Crippen molar-refractivity contribution in [3.8, 4) is 0 Å². The van der Waals surface area contributed by atoms with Gasteiger partial charge in [-0.15, -0.1) is 0 Å². The SMILES string of the molecule is Cc1nn(CC(O)CN2CCC(C(C)C)C2)c(C)c1N. The average Bonchev–Trinajstić information content (AvgIpc) is 2.92. The summed E-state index contributed by atoms with van der Waals surface area (Å²) >= 11 is 0. The van der Waals surface area contributed by atoms with Crippen LogP contribution in [0, 0.1) is 25.7 Å². The molecule has 20 heavy (non-hydrogen) atoms. The lowest BCUT2D eigenvalue weighted by Gasteiger charge is -2.21. The van der Waals surface area contributed by atoms with E-state index in [0.717, 1.165) is 48.5 Å². The highest BCUT2D eigenvalue weighted by atomic mass is 16.3. The molecular formula is C15H28N4O. The third kappa shape index (κ3) is 3.33. The topological polar surface area (TPSA) is 67.3 Å². The first kappa shape index (κ1) is 15.3. The summed E-state index contributed by atoms with van der Waals surface area (Å²) in [4.78, 5) is 2.37. The Morgan fingerprint density at radius 1 is 1.35 bits per heavy atom. The Morgan fingerprint density at radius 3 is 2.55 bits per heavy atom. The Bertz CT molecular complexity index is 455. The molecule has 1 aliphatic heterocycles. The Labute approximate surface area is 121 Å². The van der Waals surface area contributed by atoms with Crippen LogP contribution in [0.1, 0.15) is 31.7 Å². The first-order valence-electron chi connectivity index (χ1n) is 7.58. The predicted octanol–water partition coefficient (Wildman–Crippen LogP) is 1.42. The third-order valence-electron chi connectivity index (χ3n) is 4.54. The molecule has 3 N–H and O–H groups in total. The molecule has 0 saturated carbocycles. The molecule has 0 amide bonds. The summed E-state index contributed by atoms with van der Waals surface area (Å²) in [6, 6.07) is 0. The third-order valence-corrected chi connectivity index (χ3v) is 4.54. The van der Waals surface area contributed by atoms with Crippen LogP contribution >= 0.6 is 0 Å². The van der Waals surface area contributed by atoms with E-state index in [9.17, 15) is 5.11 Å². The summed E-state index contributed by atoms with van der Waals surface area (Å²) < 4.78 is 1.82. The summed E-state index contributed by atoms with van der Waals surface area (Å²) in [6.45, 7) is 11.9. The number of rotatable bonds is 5. The highest BCUT2D eigenvalue weighted by Crippen LogP contribution is 2.23. The second-order valence-corrected chi connectivity index (χ2v) is 6.47. The van der Waals surface area contributed by atoms with Crippen LogP contribution in [0.5, 0.6) is 0 Å². The first-order chi connectivity index (χ1) is 9.38. The number of nitrogens with zero attached hydrogens (tertiary/aromatic N) is 3. The number of hydrogen-bond donors (Lipinski definition) is 2. The van der Waals surface area contributed by atoms with Crippen molar-refractivity contribution >= 4 is 5.69 Å². The van der Waals surface area contributed by atoms with Crippen molar-refractivity contribution in [2.24, 2.45) is 11.8 Å². The second kappa shape index (κ2) is 6.14. The van der Waals surface area contributed by atoms with Gasteiger partial charge in [-0.05, 0) is 38.6 Å². The summed E-state index contributed by atoms with van der Waals surface area (Å²) in [5.41, 5.74) is 8.44. The molecule has 0 bridgehead atoms. The van der Waals surface area contributed by atoms with Crippen molar-refractivity contribution in [1.82, 2.24) is 14.7 Å². The Balaban J connectivity index is 1.87. The molecule has 1 aromatic rings. The highest BCUT2D eigenvalue weighted by molar-refractivity contribution is 5.46. The van der Waals surface area contributed by atoms with E-state index < -0.39 is 6.10 Å². The molecule has 114 valence electrons. The van der Waals surface area contributed by atoms with Crippen molar-refractivity contribution in [3.05, 3.63) is 11.4 Å². The number of likely N-dealkylation sites (tertiary alicyclic amines) is 1. The lowest BCUT2D eigenvalue weighted by atomic mass is 9.95. The van der Waals surface area contributed by atoms with Gasteiger partial charge in [0, 0.05) is 13.1 Å². The van der Waals surface area contributed by atoms with E-state index in [-0.39, 0.29) is 0 Å². The first-order valence-corrected chi connectivity index (χ1v) is 7.58. The van der Waals surface area contributed by atoms with Crippen LogP contribution in [0.25, 0.3) is 0 Å². The maximum absolute atomic E-state index is 10.3. The number of β-amino-alcohol motifs (C(OH)–C–C–N with tert-alkyl or cyclic N) is 1. The summed E-state index contributed by atoms with van der Waals surface area (Å²) in [5, 5.41) is 14.6. The Kier molecular flexibility index (Phi) is 4.70. The van der Waals surface area contributed by atoms with E-state index in [1.54, 1.807) is 0 Å². The zero-order valence-corrected chi connectivity index (χ0v) is 13.1. The van der Waals surface area contributed by atoms with Gasteiger partial charge in [0.2, 0.25) is 0 Å². The lowest BCUT2D eigenvalue weighted by molar-refractivity contribution is 0.102. The van der Waals surface area contributed by atoms with E-state index in [1.807, 2.05) is 18.5 Å². The summed E-state index contributed by atoms with van der Waals surface area (Å²) in [6.07, 6.45) is 0.857. The number of nitrogens with two attached hydrogens (primary N) is 1. The highest BCUT2D eigenvalue weighted by Gasteiger charge is 2.26. The van der Waals surface area contributed by atoms with E-state index in [1.165, 1.54) is 6.42 Å². The van der Waals surface area contributed by atoms with Crippen LogP contribution in [0.15, 0.2) is 0 Å². The van der Waals surface area contributed by atoms with E-state index >= 15 is 0 Å². The molecule has 1 saturated heterocycles. The summed E-state index contributed by atoms with van der Waals surface area (Å²) in [5.74, 6) is 1.50. The van der Waals surface area contributed by atoms with Gasteiger partial charge in [0.05, 0.1) is 29.7 Å². The van der Waals surface area contributed by atoms with Crippen LogP contribution in [0.4, 0.5) is 5.69 Å². The normalized spacial score (nSPS) is 21.8. The van der Waals surface area contributed by atoms with Gasteiger partial charge in [-0.3, -0.25) is 4.68 Å². The number of aryl methyl sites for hydroxylation is 1. The smallest absolute Gasteiger partial charge is 0.0862 e. The molecule has 0 spiro atoms. The van der Waals surface area contributed by atoms with Crippen LogP contribution in [-0.2, 0) is 6.54 Å². The van der Waals surface area contributed by atoms with Crippen LogP contribution < -0.4 is 5.73 Å². The Hall–Kier alpha value is -1.07. The Morgan fingerprint density at radius 2 is 2.05 bits per heavy atom. The van der Waals surface area contributed by atoms with Crippen molar-refractivity contribution in [1.29, 1.82) is 0 Å². The van der Waals surface area contributed by atoms with E-state index in [0.29, 0.717) is 6.54 Å². The lowest BCUT2D eigenvalue weighted by Crippen LogP contribution is -2.34. The standard InChI is InChI=1S/C15H28N4O/c1-10(2)13-5-6-18(7-13)8-14(20)9-19-12(4)15(16)11(3)17-19/h10,13-14,20H,5-9,16H2,1-4H3. The number of aromatic nitrogens is 2. The minimum Gasteiger partial charge on any atom is -0.396 e. The largest absolute Gasteiger partial charge is 0.396 e. The monoisotopic (exact) mass is 280 g/mol. The molecule has 0 aromatic carbocycles. The predicted molar refractivity (Wildman–Crippen MR) is 81.5 cm³/mol. The molecule has 5 nitrogen and oxygen atoms in total. The van der Waals surface area contributed by atoms with Crippen molar-refractivity contribution < 1.29 is 5.11 Å². The van der Waals surface area contributed by atoms with Crippen molar-refractivity contribution in [3.63, 3.8) is 0 Å². The molecule has 2 rings (SSSR count). The fraction of sp³-hybridized carbons (Fsp3) is 0.800. The molecule has 2 heterocycles. The number of aliphatic hydroxyl groups is 1. The van der Waals surface area contributed by atoms with Gasteiger partial charge in [0.15, 0.2) is 0 Å². The molecule has 0 radical (unpaired) electrons. The molecule has 1 aliphatic rings. The van der Waals surface area contributed by atoms with Gasteiger partial charge >= 0.3 is 0 Å². The number of anilines is 1. The van der Waals surface area contributed by atoms with Gasteiger partial charge in [-0.1, -0.05) is 13.8 Å². The maximum Gasteiger partial charge on any atom is 0.0862 e. The zero-order chi connectivity index (χ0) is 14.9. The summed E-state index contributed by atoms with van der Waals surface area (Å²) in [7, 11) is 0. The molecule has 1 fully saturated rings. The quantitative estimate of drug-likeness (QED) is 0.856. The van der Waals surface area contributed by atoms with Gasteiger partial charge in [0.25, 0.3) is 0 Å². The van der Waals surface area contributed by atoms with Crippen LogP contribution in [0.3, 0.4) is 0 Å². The van der Waals surface area contributed by atoms with E-state index in [2.05, 4.69) is 23.8 Å². The second-order valence-electron chi connectivity index (χ2n) is 6.47. The minimum atomic E-state index is -0.390.